The Morgan fingerprint density at radius 3 is 3.18 bits per heavy atom. The molecule has 88 valence electrons. The van der Waals surface area contributed by atoms with Gasteiger partial charge < -0.3 is 15.0 Å². The van der Waals surface area contributed by atoms with E-state index in [1.165, 1.54) is 0 Å². The van der Waals surface area contributed by atoms with Gasteiger partial charge in [0.15, 0.2) is 0 Å². The number of rotatable bonds is 3. The van der Waals surface area contributed by atoms with Gasteiger partial charge >= 0.3 is 0 Å². The number of fused-ring (bicyclic) bond motifs is 3. The summed E-state index contributed by atoms with van der Waals surface area (Å²) < 4.78 is 5.68. The predicted molar refractivity (Wildman–Crippen MR) is 65.7 cm³/mol. The van der Waals surface area contributed by atoms with Crippen LogP contribution in [0.2, 0.25) is 0 Å². The topological polar surface area (TPSA) is 49.9 Å². The average molecular weight is 229 g/mol. The van der Waals surface area contributed by atoms with E-state index in [1.807, 2.05) is 24.3 Å². The molecule has 2 N–H and O–H groups in total. The summed E-state index contributed by atoms with van der Waals surface area (Å²) in [4.78, 5) is 7.94. The molecule has 1 aliphatic rings. The van der Waals surface area contributed by atoms with Crippen molar-refractivity contribution >= 4 is 0 Å². The van der Waals surface area contributed by atoms with Crippen LogP contribution in [0.5, 0.6) is 5.75 Å². The molecule has 0 saturated carbocycles. The number of benzene rings is 1. The lowest BCUT2D eigenvalue weighted by Gasteiger charge is -2.15. The van der Waals surface area contributed by atoms with E-state index < -0.39 is 0 Å². The third kappa shape index (κ3) is 1.80. The summed E-state index contributed by atoms with van der Waals surface area (Å²) >= 11 is 0. The molecule has 0 amide bonds. The highest BCUT2D eigenvalue weighted by atomic mass is 16.5. The average Bonchev–Trinajstić information content (AvgIpc) is 2.79. The Balaban J connectivity index is 1.98. The van der Waals surface area contributed by atoms with Crippen molar-refractivity contribution in [3.05, 3.63) is 35.8 Å². The molecule has 4 nitrogen and oxygen atoms in total. The van der Waals surface area contributed by atoms with Crippen LogP contribution in [0.1, 0.15) is 18.4 Å². The Hall–Kier alpha value is -1.81. The van der Waals surface area contributed by atoms with E-state index in [0.29, 0.717) is 6.61 Å². The molecule has 2 heterocycles. The molecule has 0 spiro atoms. The first-order valence-corrected chi connectivity index (χ1v) is 5.89. The highest BCUT2D eigenvalue weighted by Gasteiger charge is 2.20. The summed E-state index contributed by atoms with van der Waals surface area (Å²) in [5.41, 5.74) is 3.17. The van der Waals surface area contributed by atoms with Crippen LogP contribution in [0.4, 0.5) is 0 Å². The van der Waals surface area contributed by atoms with Crippen LogP contribution >= 0.6 is 0 Å². The van der Waals surface area contributed by atoms with Crippen LogP contribution in [0.25, 0.3) is 11.3 Å². The summed E-state index contributed by atoms with van der Waals surface area (Å²) in [7, 11) is 0. The van der Waals surface area contributed by atoms with Gasteiger partial charge in [-0.2, -0.15) is 0 Å². The van der Waals surface area contributed by atoms with Crippen molar-refractivity contribution in [3.8, 4) is 17.0 Å². The van der Waals surface area contributed by atoms with Gasteiger partial charge in [-0.3, -0.25) is 0 Å². The Morgan fingerprint density at radius 2 is 2.29 bits per heavy atom. The molecule has 1 aromatic heterocycles. The summed E-state index contributed by atoms with van der Waals surface area (Å²) in [6.45, 7) is 4.37. The number of hydrogen-bond donors (Lipinski definition) is 2. The summed E-state index contributed by atoms with van der Waals surface area (Å²) in [5, 5.41) is 3.26. The van der Waals surface area contributed by atoms with Gasteiger partial charge in [-0.05, 0) is 18.7 Å². The maximum atomic E-state index is 5.68. The third-order valence-electron chi connectivity index (χ3n) is 2.88. The van der Waals surface area contributed by atoms with E-state index in [0.717, 1.165) is 41.6 Å². The lowest BCUT2D eigenvalue weighted by Crippen LogP contribution is -2.12. The lowest BCUT2D eigenvalue weighted by molar-refractivity contribution is 0.297. The number of aromatic nitrogens is 2. The first kappa shape index (κ1) is 10.4. The fourth-order valence-corrected chi connectivity index (χ4v) is 2.06. The molecule has 1 aromatic carbocycles. The van der Waals surface area contributed by atoms with Gasteiger partial charge in [0.05, 0.1) is 17.9 Å². The maximum absolute atomic E-state index is 5.68. The van der Waals surface area contributed by atoms with Gasteiger partial charge in [0, 0.05) is 5.56 Å². The lowest BCUT2D eigenvalue weighted by atomic mass is 10.1. The quantitative estimate of drug-likeness (QED) is 0.847. The molecule has 2 aromatic rings. The number of imidazole rings is 1. The zero-order chi connectivity index (χ0) is 11.7. The first-order chi connectivity index (χ1) is 8.38. The highest BCUT2D eigenvalue weighted by Crippen LogP contribution is 2.35. The van der Waals surface area contributed by atoms with Gasteiger partial charge in [-0.15, -0.1) is 0 Å². The molecule has 0 fully saturated rings. The van der Waals surface area contributed by atoms with E-state index in [2.05, 4.69) is 22.2 Å². The first-order valence-electron chi connectivity index (χ1n) is 5.89. The van der Waals surface area contributed by atoms with Crippen LogP contribution in [-0.4, -0.2) is 16.5 Å². The van der Waals surface area contributed by atoms with Crippen molar-refractivity contribution in [1.29, 1.82) is 0 Å². The van der Waals surface area contributed by atoms with E-state index in [9.17, 15) is 0 Å². The molecular weight excluding hydrogens is 214 g/mol. The minimum Gasteiger partial charge on any atom is -0.487 e. The molecule has 17 heavy (non-hydrogen) atoms. The minimum atomic E-state index is 0.575. The van der Waals surface area contributed by atoms with Crippen molar-refractivity contribution in [2.24, 2.45) is 0 Å². The Bertz CT molecular complexity index is 533. The Kier molecular flexibility index (Phi) is 2.57. The summed E-state index contributed by atoms with van der Waals surface area (Å²) in [6.07, 6.45) is 0. The van der Waals surface area contributed by atoms with Crippen molar-refractivity contribution in [3.63, 3.8) is 0 Å². The number of aromatic amines is 1. The normalized spacial score (nSPS) is 12.8. The third-order valence-corrected chi connectivity index (χ3v) is 2.88. The van der Waals surface area contributed by atoms with Gasteiger partial charge in [0.2, 0.25) is 0 Å². The molecule has 0 aliphatic carbocycles. The number of para-hydroxylation sites is 1. The fraction of sp³-hybridized carbons (Fsp3) is 0.308. The smallest absolute Gasteiger partial charge is 0.130 e. The summed E-state index contributed by atoms with van der Waals surface area (Å²) in [5.74, 6) is 1.89. The zero-order valence-corrected chi connectivity index (χ0v) is 9.79. The second-order valence-corrected chi connectivity index (χ2v) is 4.08. The fourth-order valence-electron chi connectivity index (χ4n) is 2.06. The number of nitrogens with zero attached hydrogens (tertiary/aromatic N) is 1. The van der Waals surface area contributed by atoms with Crippen LogP contribution < -0.4 is 10.1 Å². The minimum absolute atomic E-state index is 0.575. The highest BCUT2D eigenvalue weighted by molar-refractivity contribution is 5.70. The number of H-pyrrole nitrogens is 1. The van der Waals surface area contributed by atoms with Crippen molar-refractivity contribution in [2.45, 2.75) is 20.1 Å². The van der Waals surface area contributed by atoms with Gasteiger partial charge in [-0.25, -0.2) is 4.98 Å². The van der Waals surface area contributed by atoms with Crippen LogP contribution in [0.3, 0.4) is 0 Å². The molecule has 3 rings (SSSR count). The van der Waals surface area contributed by atoms with Gasteiger partial charge in [-0.1, -0.05) is 19.1 Å². The molecule has 0 radical (unpaired) electrons. The van der Waals surface area contributed by atoms with Crippen LogP contribution in [0, 0.1) is 0 Å². The maximum Gasteiger partial charge on any atom is 0.130 e. The number of hydrogen-bond acceptors (Lipinski definition) is 3. The molecule has 0 saturated heterocycles. The Labute approximate surface area is 100 Å². The largest absolute Gasteiger partial charge is 0.487 e. The molecule has 1 aliphatic heterocycles. The standard InChI is InChI=1S/C13H15N3O/c1-2-14-7-12-15-10-8-17-11-6-4-3-5-9(11)13(10)16-12/h3-6,14H,2,7-8H2,1H3,(H,15,16). The van der Waals surface area contributed by atoms with Crippen LogP contribution in [0.15, 0.2) is 24.3 Å². The predicted octanol–water partition coefficient (Wildman–Crippen LogP) is 2.08. The second-order valence-electron chi connectivity index (χ2n) is 4.08. The number of ether oxygens (including phenoxy) is 1. The molecule has 4 heteroatoms. The van der Waals surface area contributed by atoms with E-state index in [-0.39, 0.29) is 0 Å². The van der Waals surface area contributed by atoms with E-state index in [4.69, 9.17) is 4.74 Å². The molecule has 0 unspecified atom stereocenters. The number of nitrogens with one attached hydrogen (secondary N) is 2. The SMILES string of the molecule is CCNCc1nc2c([nH]1)COc1ccccc1-2. The molecule has 0 bridgehead atoms. The zero-order valence-electron chi connectivity index (χ0n) is 9.79. The Morgan fingerprint density at radius 1 is 1.41 bits per heavy atom. The van der Waals surface area contributed by atoms with E-state index in [1.54, 1.807) is 0 Å². The molecular formula is C13H15N3O. The monoisotopic (exact) mass is 229 g/mol. The van der Waals surface area contributed by atoms with Crippen LogP contribution in [-0.2, 0) is 13.2 Å². The summed E-state index contributed by atoms with van der Waals surface area (Å²) in [6, 6.07) is 8.02. The molecule has 0 atom stereocenters. The van der Waals surface area contributed by atoms with Crippen molar-refractivity contribution in [1.82, 2.24) is 15.3 Å². The second kappa shape index (κ2) is 4.22. The van der Waals surface area contributed by atoms with Crippen molar-refractivity contribution in [2.75, 3.05) is 6.54 Å². The van der Waals surface area contributed by atoms with Crippen molar-refractivity contribution < 1.29 is 4.74 Å². The van der Waals surface area contributed by atoms with Gasteiger partial charge in [0.25, 0.3) is 0 Å². The van der Waals surface area contributed by atoms with E-state index >= 15 is 0 Å². The van der Waals surface area contributed by atoms with Gasteiger partial charge in [0.1, 0.15) is 18.2 Å².